The molecule has 0 saturated carbocycles. The summed E-state index contributed by atoms with van der Waals surface area (Å²) in [5.74, 6) is 0.256. The number of fused-ring (bicyclic) bond motifs is 1. The molecule has 0 unspecified atom stereocenters. The Balaban J connectivity index is 2.07. The average Bonchev–Trinajstić information content (AvgIpc) is 2.44. The van der Waals surface area contributed by atoms with Crippen LogP contribution in [-0.4, -0.2) is 44.6 Å². The smallest absolute Gasteiger partial charge is 0.311 e. The number of carbonyl (C=O) groups is 1. The van der Waals surface area contributed by atoms with Gasteiger partial charge in [0.2, 0.25) is 0 Å². The molecule has 8 heteroatoms. The summed E-state index contributed by atoms with van der Waals surface area (Å²) in [5, 5.41) is 2.87. The highest BCUT2D eigenvalue weighted by Gasteiger charge is 2.16. The third-order valence-corrected chi connectivity index (χ3v) is 4.61. The van der Waals surface area contributed by atoms with Gasteiger partial charge in [0.05, 0.1) is 18.7 Å². The minimum atomic E-state index is -3.07. The summed E-state index contributed by atoms with van der Waals surface area (Å²) in [6.45, 7) is 2.14. The van der Waals surface area contributed by atoms with Gasteiger partial charge < -0.3 is 10.1 Å². The topological polar surface area (TPSA) is 84.8 Å². The van der Waals surface area contributed by atoms with Gasteiger partial charge in [-0.1, -0.05) is 0 Å². The quantitative estimate of drug-likeness (QED) is 0.798. The fraction of sp³-hybridized carbons (Fsp3) is 0.429. The third kappa shape index (κ3) is 5.03. The molecule has 1 aromatic rings. The highest BCUT2D eigenvalue weighted by Crippen LogP contribution is 2.36. The zero-order chi connectivity index (χ0) is 16.2. The van der Waals surface area contributed by atoms with Crippen molar-refractivity contribution in [2.75, 3.05) is 29.8 Å². The average molecular weight is 342 g/mol. The number of anilines is 1. The summed E-state index contributed by atoms with van der Waals surface area (Å²) in [6.07, 6.45) is 1.38. The lowest BCUT2D eigenvalue weighted by Gasteiger charge is -2.16. The van der Waals surface area contributed by atoms with E-state index in [1.54, 1.807) is 24.8 Å². The number of benzene rings is 1. The number of carbonyl (C=O) groups excluding carboxylic acids is 1. The molecule has 0 saturated heterocycles. The van der Waals surface area contributed by atoms with Gasteiger partial charge in [-0.25, -0.2) is 8.42 Å². The van der Waals surface area contributed by atoms with Crippen LogP contribution in [0, 0.1) is 0 Å². The molecule has 2 rings (SSSR count). The van der Waals surface area contributed by atoms with Gasteiger partial charge >= 0.3 is 5.97 Å². The Morgan fingerprint density at radius 1 is 1.45 bits per heavy atom. The van der Waals surface area contributed by atoms with Gasteiger partial charge in [0, 0.05) is 28.3 Å². The number of hydrogen-bond acceptors (Lipinski definition) is 7. The van der Waals surface area contributed by atoms with Crippen molar-refractivity contribution in [1.29, 1.82) is 0 Å². The van der Waals surface area contributed by atoms with Crippen LogP contribution >= 0.6 is 11.8 Å². The van der Waals surface area contributed by atoms with Crippen molar-refractivity contribution in [3.63, 3.8) is 0 Å². The van der Waals surface area contributed by atoms with Gasteiger partial charge in [-0.3, -0.25) is 9.79 Å². The molecule has 22 heavy (non-hydrogen) atoms. The maximum absolute atomic E-state index is 11.5. The van der Waals surface area contributed by atoms with Crippen LogP contribution in [0.25, 0.3) is 0 Å². The largest absolute Gasteiger partial charge is 0.466 e. The summed E-state index contributed by atoms with van der Waals surface area (Å²) < 4.78 is 27.2. The molecule has 1 aliphatic heterocycles. The SMILES string of the molecule is CCOC(=O)CC1=Nc2ccc(NCS(C)(=O)=O)cc2SC1. The van der Waals surface area contributed by atoms with Crippen LogP contribution in [0.15, 0.2) is 28.1 Å². The Kier molecular flexibility index (Phi) is 5.47. The summed E-state index contributed by atoms with van der Waals surface area (Å²) in [4.78, 5) is 16.9. The van der Waals surface area contributed by atoms with E-state index < -0.39 is 9.84 Å². The molecule has 120 valence electrons. The Labute approximate surface area is 134 Å². The Hall–Kier alpha value is -1.54. The standard InChI is InChI=1S/C14H18N2O4S2/c1-3-20-14(17)7-11-8-21-13-6-10(4-5-12(13)16-11)15-9-22(2,18)19/h4-6,15H,3,7-9H2,1-2H3. The first-order valence-electron chi connectivity index (χ1n) is 6.78. The predicted molar refractivity (Wildman–Crippen MR) is 88.8 cm³/mol. The normalized spacial score (nSPS) is 14.0. The lowest BCUT2D eigenvalue weighted by molar-refractivity contribution is -0.141. The van der Waals surface area contributed by atoms with Crippen LogP contribution in [-0.2, 0) is 19.4 Å². The molecule has 1 heterocycles. The molecular weight excluding hydrogens is 324 g/mol. The van der Waals surface area contributed by atoms with Crippen LogP contribution in [0.4, 0.5) is 11.4 Å². The fourth-order valence-corrected chi connectivity index (χ4v) is 3.27. The fourth-order valence-electron chi connectivity index (χ4n) is 1.88. The highest BCUT2D eigenvalue weighted by atomic mass is 32.2. The van der Waals surface area contributed by atoms with Crippen LogP contribution in [0.2, 0.25) is 0 Å². The van der Waals surface area contributed by atoms with E-state index in [2.05, 4.69) is 10.3 Å². The monoisotopic (exact) mass is 342 g/mol. The molecule has 0 aliphatic carbocycles. The van der Waals surface area contributed by atoms with E-state index in [9.17, 15) is 13.2 Å². The van der Waals surface area contributed by atoms with Crippen molar-refractivity contribution in [1.82, 2.24) is 0 Å². The molecule has 1 aromatic carbocycles. The molecule has 0 atom stereocenters. The van der Waals surface area contributed by atoms with Crippen molar-refractivity contribution in [2.45, 2.75) is 18.2 Å². The van der Waals surface area contributed by atoms with Crippen molar-refractivity contribution in [3.05, 3.63) is 18.2 Å². The van der Waals surface area contributed by atoms with Crippen molar-refractivity contribution >= 4 is 44.7 Å². The lowest BCUT2D eigenvalue weighted by atomic mass is 10.2. The van der Waals surface area contributed by atoms with Crippen LogP contribution in [0.3, 0.4) is 0 Å². The first kappa shape index (κ1) is 16.8. The summed E-state index contributed by atoms with van der Waals surface area (Å²) >= 11 is 1.58. The minimum Gasteiger partial charge on any atom is -0.466 e. The highest BCUT2D eigenvalue weighted by molar-refractivity contribution is 8.00. The lowest BCUT2D eigenvalue weighted by Crippen LogP contribution is -2.15. The van der Waals surface area contributed by atoms with Gasteiger partial charge in [0.25, 0.3) is 0 Å². The van der Waals surface area contributed by atoms with Crippen molar-refractivity contribution in [3.8, 4) is 0 Å². The van der Waals surface area contributed by atoms with Gasteiger partial charge in [-0.2, -0.15) is 0 Å². The number of thioether (sulfide) groups is 1. The molecule has 6 nitrogen and oxygen atoms in total. The number of nitrogens with one attached hydrogen (secondary N) is 1. The van der Waals surface area contributed by atoms with E-state index in [-0.39, 0.29) is 18.3 Å². The number of aliphatic imine (C=N–C) groups is 1. The van der Waals surface area contributed by atoms with E-state index in [1.165, 1.54) is 6.26 Å². The maximum Gasteiger partial charge on any atom is 0.311 e. The minimum absolute atomic E-state index is 0.103. The Morgan fingerprint density at radius 2 is 2.23 bits per heavy atom. The van der Waals surface area contributed by atoms with Crippen LogP contribution in [0.1, 0.15) is 13.3 Å². The predicted octanol–water partition coefficient (Wildman–Crippen LogP) is 2.23. The number of ether oxygens (including phenoxy) is 1. The second-order valence-electron chi connectivity index (χ2n) is 4.88. The first-order valence-corrected chi connectivity index (χ1v) is 9.82. The molecule has 0 bridgehead atoms. The van der Waals surface area contributed by atoms with Crippen molar-refractivity contribution in [2.24, 2.45) is 4.99 Å². The summed E-state index contributed by atoms with van der Waals surface area (Å²) in [6, 6.07) is 5.47. The van der Waals surface area contributed by atoms with E-state index in [0.29, 0.717) is 12.4 Å². The number of hydrogen-bond donors (Lipinski definition) is 1. The second-order valence-corrected chi connectivity index (χ2v) is 8.04. The molecule has 0 fully saturated rings. The van der Waals surface area contributed by atoms with Crippen LogP contribution < -0.4 is 5.32 Å². The zero-order valence-corrected chi connectivity index (χ0v) is 14.1. The van der Waals surface area contributed by atoms with E-state index in [0.717, 1.165) is 22.0 Å². The van der Waals surface area contributed by atoms with Gasteiger partial charge in [0.15, 0.2) is 9.84 Å². The van der Waals surface area contributed by atoms with Gasteiger partial charge in [-0.15, -0.1) is 11.8 Å². The number of sulfone groups is 1. The Bertz CT molecular complexity index is 699. The van der Waals surface area contributed by atoms with E-state index >= 15 is 0 Å². The molecule has 1 N–H and O–H groups in total. The molecule has 0 amide bonds. The van der Waals surface area contributed by atoms with Gasteiger partial charge in [-0.05, 0) is 25.1 Å². The number of nitrogens with zero attached hydrogens (tertiary/aromatic N) is 1. The third-order valence-electron chi connectivity index (χ3n) is 2.82. The maximum atomic E-state index is 11.5. The molecule has 0 aromatic heterocycles. The summed E-state index contributed by atoms with van der Waals surface area (Å²) in [5.41, 5.74) is 2.31. The second kappa shape index (κ2) is 7.15. The number of rotatable bonds is 6. The van der Waals surface area contributed by atoms with Gasteiger partial charge in [0.1, 0.15) is 5.88 Å². The van der Waals surface area contributed by atoms with E-state index in [4.69, 9.17) is 4.74 Å². The van der Waals surface area contributed by atoms with Crippen LogP contribution in [0.5, 0.6) is 0 Å². The van der Waals surface area contributed by atoms with Crippen molar-refractivity contribution < 1.29 is 17.9 Å². The number of esters is 1. The molecule has 0 spiro atoms. The van der Waals surface area contributed by atoms with E-state index in [1.807, 2.05) is 12.1 Å². The zero-order valence-electron chi connectivity index (χ0n) is 12.5. The summed E-state index contributed by atoms with van der Waals surface area (Å²) in [7, 11) is -3.07. The molecular formula is C14H18N2O4S2. The first-order chi connectivity index (χ1) is 10.4. The Morgan fingerprint density at radius 3 is 2.91 bits per heavy atom. The molecule has 0 radical (unpaired) electrons. The molecule has 1 aliphatic rings.